The second kappa shape index (κ2) is 8.47. The molecule has 1 aliphatic heterocycles. The van der Waals surface area contributed by atoms with Crippen molar-refractivity contribution in [3.63, 3.8) is 0 Å². The van der Waals surface area contributed by atoms with Crippen LogP contribution in [0.4, 0.5) is 10.5 Å². The molecule has 4 amide bonds. The van der Waals surface area contributed by atoms with E-state index < -0.39 is 23.8 Å². The number of nitrogens with one attached hydrogen (secondary N) is 1. The summed E-state index contributed by atoms with van der Waals surface area (Å²) in [7, 11) is 0. The molecule has 2 aromatic carbocycles. The third-order valence-corrected chi connectivity index (χ3v) is 5.43. The molecule has 0 radical (unpaired) electrons. The van der Waals surface area contributed by atoms with E-state index in [1.54, 1.807) is 36.4 Å². The molecule has 2 N–H and O–H groups in total. The first kappa shape index (κ1) is 22.7. The molecule has 0 aliphatic carbocycles. The first-order valence-corrected chi connectivity index (χ1v) is 10.5. The van der Waals surface area contributed by atoms with Gasteiger partial charge in [0.25, 0.3) is 11.8 Å². The fourth-order valence-corrected chi connectivity index (χ4v) is 3.60. The molecule has 1 saturated heterocycles. The van der Waals surface area contributed by atoms with Crippen LogP contribution < -0.4 is 10.2 Å². The molecular weight excluding hydrogens is 436 g/mol. The molecule has 1 aromatic heterocycles. The third kappa shape index (κ3) is 4.25. The Hall–Kier alpha value is -4.46. The van der Waals surface area contributed by atoms with Crippen molar-refractivity contribution in [1.82, 2.24) is 5.32 Å². The Kier molecular flexibility index (Phi) is 5.66. The smallest absolute Gasteiger partial charge is 0.336 e. The molecule has 8 nitrogen and oxygen atoms in total. The highest BCUT2D eigenvalue weighted by Crippen LogP contribution is 2.29. The van der Waals surface area contributed by atoms with Crippen molar-refractivity contribution >= 4 is 35.6 Å². The average Bonchev–Trinajstić information content (AvgIpc) is 3.25. The number of carboxylic acid groups (broad SMARTS) is 1. The lowest BCUT2D eigenvalue weighted by Gasteiger charge is -2.27. The molecule has 34 heavy (non-hydrogen) atoms. The van der Waals surface area contributed by atoms with Gasteiger partial charge in [-0.3, -0.25) is 14.9 Å². The minimum atomic E-state index is -1.11. The van der Waals surface area contributed by atoms with Crippen molar-refractivity contribution in [2.75, 3.05) is 4.90 Å². The summed E-state index contributed by atoms with van der Waals surface area (Å²) in [5.41, 5.74) is 1.37. The molecule has 0 unspecified atom stereocenters. The number of aromatic carboxylic acids is 1. The Morgan fingerprint density at radius 2 is 1.65 bits per heavy atom. The van der Waals surface area contributed by atoms with Crippen molar-refractivity contribution in [2.45, 2.75) is 26.2 Å². The quantitative estimate of drug-likeness (QED) is 0.436. The van der Waals surface area contributed by atoms with Crippen LogP contribution in [0.3, 0.4) is 0 Å². The molecular formula is C26H22N2O6. The van der Waals surface area contributed by atoms with Crippen molar-refractivity contribution in [3.8, 4) is 11.3 Å². The van der Waals surface area contributed by atoms with Gasteiger partial charge < -0.3 is 9.52 Å². The number of barbiturate groups is 1. The number of benzene rings is 2. The maximum Gasteiger partial charge on any atom is 0.336 e. The lowest BCUT2D eigenvalue weighted by molar-refractivity contribution is -0.122. The van der Waals surface area contributed by atoms with Gasteiger partial charge in [0.2, 0.25) is 0 Å². The second-order valence-corrected chi connectivity index (χ2v) is 8.81. The van der Waals surface area contributed by atoms with Crippen molar-refractivity contribution in [1.29, 1.82) is 0 Å². The van der Waals surface area contributed by atoms with Crippen molar-refractivity contribution in [3.05, 3.63) is 83.1 Å². The monoisotopic (exact) mass is 458 g/mol. The average molecular weight is 458 g/mol. The summed E-state index contributed by atoms with van der Waals surface area (Å²) in [6, 6.07) is 15.5. The Balaban J connectivity index is 1.67. The molecule has 0 spiro atoms. The normalized spacial score (nSPS) is 15.6. The van der Waals surface area contributed by atoms with E-state index in [4.69, 9.17) is 4.42 Å². The Labute approximate surface area is 195 Å². The Morgan fingerprint density at radius 1 is 0.971 bits per heavy atom. The van der Waals surface area contributed by atoms with Crippen LogP contribution in [-0.4, -0.2) is 28.9 Å². The van der Waals surface area contributed by atoms with Crippen LogP contribution in [0.1, 0.15) is 42.5 Å². The Bertz CT molecular complexity index is 1340. The van der Waals surface area contributed by atoms with E-state index >= 15 is 0 Å². The summed E-state index contributed by atoms with van der Waals surface area (Å²) in [6.07, 6.45) is 1.23. The van der Waals surface area contributed by atoms with E-state index in [1.807, 2.05) is 32.9 Å². The van der Waals surface area contributed by atoms with E-state index in [1.165, 1.54) is 18.2 Å². The van der Waals surface area contributed by atoms with Gasteiger partial charge in [0.05, 0.1) is 11.3 Å². The molecule has 172 valence electrons. The summed E-state index contributed by atoms with van der Waals surface area (Å²) in [6.45, 7) is 6.15. The molecule has 0 atom stereocenters. The summed E-state index contributed by atoms with van der Waals surface area (Å²) in [5, 5.41) is 11.6. The van der Waals surface area contributed by atoms with E-state index in [2.05, 4.69) is 5.32 Å². The first-order chi connectivity index (χ1) is 16.1. The van der Waals surface area contributed by atoms with Gasteiger partial charge >= 0.3 is 12.0 Å². The maximum absolute atomic E-state index is 13.1. The maximum atomic E-state index is 13.1. The number of imide groups is 2. The van der Waals surface area contributed by atoms with Crippen LogP contribution in [-0.2, 0) is 15.0 Å². The highest BCUT2D eigenvalue weighted by Gasteiger charge is 2.37. The SMILES string of the molecule is CC(C)(C)c1ccc(N2C(=O)NC(=O)/C(=C\c3ccc(-c4ccccc4C(=O)O)o3)C2=O)cc1. The van der Waals surface area contributed by atoms with Crippen LogP contribution in [0.25, 0.3) is 17.4 Å². The van der Waals surface area contributed by atoms with Gasteiger partial charge in [-0.25, -0.2) is 14.5 Å². The van der Waals surface area contributed by atoms with Gasteiger partial charge in [-0.05, 0) is 47.4 Å². The third-order valence-electron chi connectivity index (χ3n) is 5.43. The standard InChI is InChI=1S/C26H22N2O6/c1-26(2,3)15-8-10-16(11-9-15)28-23(30)20(22(29)27-25(28)33)14-17-12-13-21(34-17)18-6-4-5-7-19(18)24(31)32/h4-14H,1-3H3,(H,31,32)(H,27,29,33)/b20-14+. The molecule has 1 aliphatic rings. The number of rotatable bonds is 4. The van der Waals surface area contributed by atoms with Crippen molar-refractivity contribution in [2.24, 2.45) is 0 Å². The lowest BCUT2D eigenvalue weighted by Crippen LogP contribution is -2.54. The van der Waals surface area contributed by atoms with Gasteiger partial charge in [0.1, 0.15) is 17.1 Å². The summed E-state index contributed by atoms with van der Waals surface area (Å²) >= 11 is 0. The van der Waals surface area contributed by atoms with Gasteiger partial charge in [0, 0.05) is 5.56 Å². The molecule has 4 rings (SSSR count). The zero-order chi connectivity index (χ0) is 24.6. The molecule has 0 saturated carbocycles. The van der Waals surface area contributed by atoms with E-state index in [0.29, 0.717) is 11.3 Å². The zero-order valence-corrected chi connectivity index (χ0v) is 18.8. The van der Waals surface area contributed by atoms with Gasteiger partial charge in [-0.1, -0.05) is 51.1 Å². The minimum Gasteiger partial charge on any atom is -0.478 e. The number of anilines is 1. The lowest BCUT2D eigenvalue weighted by atomic mass is 9.87. The number of hydrogen-bond donors (Lipinski definition) is 2. The second-order valence-electron chi connectivity index (χ2n) is 8.81. The predicted octanol–water partition coefficient (Wildman–Crippen LogP) is 4.61. The van der Waals surface area contributed by atoms with E-state index in [0.717, 1.165) is 10.5 Å². The number of carbonyl (C=O) groups excluding carboxylic acids is 3. The summed E-state index contributed by atoms with van der Waals surface area (Å²) in [5.74, 6) is -2.33. The number of hydrogen-bond acceptors (Lipinski definition) is 5. The number of carbonyl (C=O) groups is 4. The largest absolute Gasteiger partial charge is 0.478 e. The van der Waals surface area contributed by atoms with Crippen LogP contribution >= 0.6 is 0 Å². The van der Waals surface area contributed by atoms with Gasteiger partial charge in [-0.2, -0.15) is 0 Å². The van der Waals surface area contributed by atoms with E-state index in [-0.39, 0.29) is 28.1 Å². The highest BCUT2D eigenvalue weighted by atomic mass is 16.4. The zero-order valence-electron chi connectivity index (χ0n) is 18.8. The number of urea groups is 1. The first-order valence-electron chi connectivity index (χ1n) is 10.5. The highest BCUT2D eigenvalue weighted by molar-refractivity contribution is 6.39. The van der Waals surface area contributed by atoms with Crippen LogP contribution in [0.15, 0.2) is 70.7 Å². The number of carboxylic acids is 1. The molecule has 3 aromatic rings. The van der Waals surface area contributed by atoms with Gasteiger partial charge in [-0.15, -0.1) is 0 Å². The van der Waals surface area contributed by atoms with Gasteiger partial charge in [0.15, 0.2) is 0 Å². The van der Waals surface area contributed by atoms with Crippen molar-refractivity contribution < 1.29 is 28.7 Å². The number of furan rings is 1. The molecule has 0 bridgehead atoms. The van der Waals surface area contributed by atoms with Crippen LogP contribution in [0.2, 0.25) is 0 Å². The molecule has 1 fully saturated rings. The topological polar surface area (TPSA) is 117 Å². The number of nitrogens with zero attached hydrogens (tertiary/aromatic N) is 1. The fraction of sp³-hybridized carbons (Fsp3) is 0.154. The molecule has 2 heterocycles. The van der Waals surface area contributed by atoms with Crippen LogP contribution in [0.5, 0.6) is 0 Å². The fourth-order valence-electron chi connectivity index (χ4n) is 3.60. The number of amides is 4. The summed E-state index contributed by atoms with van der Waals surface area (Å²) in [4.78, 5) is 50.4. The molecule has 8 heteroatoms. The minimum absolute atomic E-state index is 0.0537. The Morgan fingerprint density at radius 3 is 2.29 bits per heavy atom. The summed E-state index contributed by atoms with van der Waals surface area (Å²) < 4.78 is 5.71. The van der Waals surface area contributed by atoms with Crippen LogP contribution in [0, 0.1) is 0 Å². The van der Waals surface area contributed by atoms with E-state index in [9.17, 15) is 24.3 Å². The predicted molar refractivity (Wildman–Crippen MR) is 125 cm³/mol.